The molecule has 2 heterocycles. The molecule has 2 saturated heterocycles. The molecule has 6 nitrogen and oxygen atoms in total. The summed E-state index contributed by atoms with van der Waals surface area (Å²) < 4.78 is 12.1. The number of nitrogens with zero attached hydrogens (tertiary/aromatic N) is 3. The van der Waals surface area contributed by atoms with Crippen LogP contribution in [0.5, 0.6) is 0 Å². The van der Waals surface area contributed by atoms with Crippen LogP contribution >= 0.6 is 0 Å². The summed E-state index contributed by atoms with van der Waals surface area (Å²) in [5.74, 6) is -0.165. The van der Waals surface area contributed by atoms with Crippen molar-refractivity contribution in [3.05, 3.63) is 0 Å². The van der Waals surface area contributed by atoms with Crippen LogP contribution in [0.1, 0.15) is 64.2 Å². The van der Waals surface area contributed by atoms with Crippen molar-refractivity contribution in [3.8, 4) is 18.2 Å². The largest absolute Gasteiger partial charge is 0.450 e. The molecule has 4 fully saturated rings. The quantitative estimate of drug-likeness (QED) is 0.771. The van der Waals surface area contributed by atoms with Crippen molar-refractivity contribution in [2.24, 2.45) is 22.2 Å². The third kappa shape index (κ3) is 1.80. The molecule has 6 heteroatoms. The average molecular weight is 352 g/mol. The zero-order chi connectivity index (χ0) is 18.4. The number of hydrogen-bond acceptors (Lipinski definition) is 6. The Morgan fingerprint density at radius 2 is 1.50 bits per heavy atom. The fraction of sp³-hybridized carbons (Fsp3) is 0.800. The first-order chi connectivity index (χ1) is 12.6. The molecule has 2 bridgehead atoms. The lowest BCUT2D eigenvalue weighted by Gasteiger charge is -2.55. The highest BCUT2D eigenvalue weighted by molar-refractivity contribution is 5.89. The Balaban J connectivity index is 1.90. The minimum absolute atomic E-state index is 0.0636. The molecule has 0 amide bonds. The zero-order valence-electron chi connectivity index (χ0n) is 15.0. The molecule has 0 radical (unpaired) electrons. The minimum Gasteiger partial charge on any atom is -0.450 e. The van der Waals surface area contributed by atoms with Gasteiger partial charge in [0, 0.05) is 0 Å². The van der Waals surface area contributed by atoms with Gasteiger partial charge in [0.05, 0.1) is 29.7 Å². The van der Waals surface area contributed by atoms with Crippen molar-refractivity contribution in [2.45, 2.75) is 76.6 Å². The van der Waals surface area contributed by atoms with Crippen LogP contribution in [0.4, 0.5) is 0 Å². The van der Waals surface area contributed by atoms with Gasteiger partial charge in [-0.2, -0.15) is 15.8 Å². The van der Waals surface area contributed by atoms with E-state index in [0.29, 0.717) is 12.8 Å². The molecule has 2 saturated carbocycles. The summed E-state index contributed by atoms with van der Waals surface area (Å²) in [5.41, 5.74) is -3.98. The van der Waals surface area contributed by atoms with Gasteiger partial charge in [0.2, 0.25) is 12.2 Å². The lowest BCUT2D eigenvalue weighted by molar-refractivity contribution is -0.264. The number of hydrogen-bond donors (Lipinski definition) is 1. The first kappa shape index (κ1) is 17.3. The van der Waals surface area contributed by atoms with E-state index in [9.17, 15) is 15.8 Å². The van der Waals surface area contributed by atoms with Crippen LogP contribution in [0.3, 0.4) is 0 Å². The van der Waals surface area contributed by atoms with Gasteiger partial charge in [-0.25, -0.2) is 0 Å². The van der Waals surface area contributed by atoms with Gasteiger partial charge >= 0.3 is 0 Å². The highest BCUT2D eigenvalue weighted by Crippen LogP contribution is 2.70. The second-order valence-electron chi connectivity index (χ2n) is 8.34. The van der Waals surface area contributed by atoms with E-state index in [2.05, 4.69) is 18.2 Å². The van der Waals surface area contributed by atoms with Crippen molar-refractivity contribution in [1.82, 2.24) is 0 Å². The van der Waals surface area contributed by atoms with Crippen LogP contribution < -0.4 is 0 Å². The molecule has 4 aliphatic rings. The van der Waals surface area contributed by atoms with Crippen molar-refractivity contribution in [2.75, 3.05) is 0 Å². The van der Waals surface area contributed by atoms with Crippen molar-refractivity contribution >= 4 is 5.90 Å². The lowest BCUT2D eigenvalue weighted by atomic mass is 9.45. The number of rotatable bonds is 1. The molecule has 2 aliphatic carbocycles. The van der Waals surface area contributed by atoms with E-state index < -0.39 is 28.6 Å². The van der Waals surface area contributed by atoms with E-state index >= 15 is 0 Å². The molecule has 0 aromatic rings. The second-order valence-corrected chi connectivity index (χ2v) is 8.34. The van der Waals surface area contributed by atoms with Gasteiger partial charge < -0.3 is 9.47 Å². The third-order valence-electron chi connectivity index (χ3n) is 7.40. The highest BCUT2D eigenvalue weighted by Gasteiger charge is 2.82. The first-order valence-electron chi connectivity index (χ1n) is 9.77. The van der Waals surface area contributed by atoms with Gasteiger partial charge in [-0.1, -0.05) is 38.5 Å². The van der Waals surface area contributed by atoms with Crippen LogP contribution in [0.25, 0.3) is 0 Å². The standard InChI is InChI=1S/C20H24N4O2/c21-11-19(12-22)15(14-7-3-1-4-8-14)25-17-18(9-5-2-6-10-18)20(19,13-23)16(24)26-17/h14-15,17,24H,1-10H2/t15-,17-,20-/m0/s1. The third-order valence-corrected chi connectivity index (χ3v) is 7.40. The van der Waals surface area contributed by atoms with Crippen molar-refractivity contribution in [1.29, 1.82) is 21.2 Å². The van der Waals surface area contributed by atoms with E-state index in [0.717, 1.165) is 51.4 Å². The van der Waals surface area contributed by atoms with Gasteiger partial charge in [-0.05, 0) is 31.6 Å². The second kappa shape index (κ2) is 5.97. The first-order valence-corrected chi connectivity index (χ1v) is 9.77. The maximum absolute atomic E-state index is 10.3. The van der Waals surface area contributed by atoms with Gasteiger partial charge in [-0.3, -0.25) is 5.41 Å². The molecule has 26 heavy (non-hydrogen) atoms. The Kier molecular flexibility index (Phi) is 3.98. The van der Waals surface area contributed by atoms with E-state index in [-0.39, 0.29) is 11.8 Å². The summed E-state index contributed by atoms with van der Waals surface area (Å²) in [7, 11) is 0. The molecule has 136 valence electrons. The minimum atomic E-state index is -1.69. The van der Waals surface area contributed by atoms with Crippen LogP contribution in [0, 0.1) is 61.6 Å². The molecule has 1 spiro atoms. The molecule has 2 aliphatic heterocycles. The monoisotopic (exact) mass is 352 g/mol. The zero-order valence-corrected chi connectivity index (χ0v) is 15.0. The normalized spacial score (nSPS) is 38.0. The Morgan fingerprint density at radius 1 is 0.885 bits per heavy atom. The van der Waals surface area contributed by atoms with E-state index in [1.807, 2.05) is 0 Å². The summed E-state index contributed by atoms with van der Waals surface area (Å²) in [5, 5.41) is 39.3. The van der Waals surface area contributed by atoms with Crippen molar-refractivity contribution < 1.29 is 9.47 Å². The molecule has 3 atom stereocenters. The Labute approximate surface area is 154 Å². The summed E-state index contributed by atoms with van der Waals surface area (Å²) in [6, 6.07) is 6.72. The number of nitrogens with one attached hydrogen (secondary N) is 1. The maximum atomic E-state index is 10.3. The molecule has 0 aromatic carbocycles. The number of ether oxygens (including phenoxy) is 2. The summed E-state index contributed by atoms with van der Waals surface area (Å²) in [4.78, 5) is 0. The molecule has 0 aromatic heterocycles. The summed E-state index contributed by atoms with van der Waals surface area (Å²) >= 11 is 0. The molecule has 4 rings (SSSR count). The maximum Gasteiger partial charge on any atom is 0.209 e. The lowest BCUT2D eigenvalue weighted by Crippen LogP contribution is -2.66. The van der Waals surface area contributed by atoms with Gasteiger partial charge in [0.1, 0.15) is 0 Å². The fourth-order valence-electron chi connectivity index (χ4n) is 6.15. The van der Waals surface area contributed by atoms with Crippen LogP contribution in [0.2, 0.25) is 0 Å². The summed E-state index contributed by atoms with van der Waals surface area (Å²) in [6.07, 6.45) is 7.87. The predicted octanol–water partition coefficient (Wildman–Crippen LogP) is 3.79. The van der Waals surface area contributed by atoms with E-state index in [1.54, 1.807) is 0 Å². The van der Waals surface area contributed by atoms with Gasteiger partial charge in [0.15, 0.2) is 10.8 Å². The predicted molar refractivity (Wildman–Crippen MR) is 91.3 cm³/mol. The molecule has 0 unspecified atom stereocenters. The van der Waals surface area contributed by atoms with Crippen LogP contribution in [-0.4, -0.2) is 18.3 Å². The summed E-state index contributed by atoms with van der Waals surface area (Å²) in [6.45, 7) is 0. The average Bonchev–Trinajstić information content (AvgIpc) is 2.84. The fourth-order valence-corrected chi connectivity index (χ4v) is 6.15. The Morgan fingerprint density at radius 3 is 2.08 bits per heavy atom. The highest BCUT2D eigenvalue weighted by atomic mass is 16.7. The Hall–Kier alpha value is -2.10. The smallest absolute Gasteiger partial charge is 0.209 e. The van der Waals surface area contributed by atoms with Crippen molar-refractivity contribution in [3.63, 3.8) is 0 Å². The Bertz CT molecular complexity index is 716. The van der Waals surface area contributed by atoms with E-state index in [4.69, 9.17) is 14.9 Å². The van der Waals surface area contributed by atoms with Gasteiger partial charge in [-0.15, -0.1) is 0 Å². The van der Waals surface area contributed by atoms with E-state index in [1.165, 1.54) is 0 Å². The topological polar surface area (TPSA) is 114 Å². The molecule has 1 N–H and O–H groups in total. The SMILES string of the molecule is N#CC1(C#N)[C@H](C2CCCCC2)O[C@H]2OC(=N)[C@@]1(C#N)C21CCCCC1. The molecular formula is C20H24N4O2. The van der Waals surface area contributed by atoms with Crippen LogP contribution in [-0.2, 0) is 9.47 Å². The van der Waals surface area contributed by atoms with Crippen LogP contribution in [0.15, 0.2) is 0 Å². The molecular weight excluding hydrogens is 328 g/mol. The van der Waals surface area contributed by atoms with Gasteiger partial charge in [0.25, 0.3) is 0 Å². The number of nitriles is 3.